The molecule has 6 nitrogen and oxygen atoms in total. The number of esters is 1. The van der Waals surface area contributed by atoms with E-state index >= 15 is 0 Å². The number of hydrogen-bond donors (Lipinski definition) is 2. The van der Waals surface area contributed by atoms with Gasteiger partial charge in [-0.05, 0) is 49.4 Å². The summed E-state index contributed by atoms with van der Waals surface area (Å²) in [5, 5.41) is 0.280. The second kappa shape index (κ2) is 6.89. The van der Waals surface area contributed by atoms with Gasteiger partial charge in [0.1, 0.15) is 0 Å². The van der Waals surface area contributed by atoms with E-state index in [0.29, 0.717) is 11.3 Å². The molecule has 0 aliphatic heterocycles. The number of halogens is 1. The van der Waals surface area contributed by atoms with E-state index in [1.807, 2.05) is 0 Å². The number of carbonyl (C=O) groups is 1. The van der Waals surface area contributed by atoms with E-state index in [2.05, 4.69) is 4.72 Å². The normalized spacial score (nSPS) is 11.0. The number of nitrogens with one attached hydrogen (secondary N) is 1. The van der Waals surface area contributed by atoms with Gasteiger partial charge in [-0.1, -0.05) is 11.6 Å². The number of anilines is 2. The van der Waals surface area contributed by atoms with Crippen LogP contribution in [-0.2, 0) is 14.8 Å². The summed E-state index contributed by atoms with van der Waals surface area (Å²) in [6.45, 7) is 1.98. The Kier molecular flexibility index (Phi) is 5.12. The highest BCUT2D eigenvalue weighted by atomic mass is 35.5. The maximum absolute atomic E-state index is 12.3. The van der Waals surface area contributed by atoms with E-state index in [0.717, 1.165) is 0 Å². The second-order valence-electron chi connectivity index (χ2n) is 4.59. The molecular formula is C15H15ClN2O4S. The van der Waals surface area contributed by atoms with Gasteiger partial charge in [-0.3, -0.25) is 4.72 Å². The molecule has 0 aliphatic carbocycles. The first-order valence-corrected chi connectivity index (χ1v) is 8.54. The van der Waals surface area contributed by atoms with Crippen LogP contribution < -0.4 is 10.5 Å². The van der Waals surface area contributed by atoms with Gasteiger partial charge in [-0.25, -0.2) is 13.2 Å². The molecule has 0 saturated carbocycles. The first-order valence-electron chi connectivity index (χ1n) is 6.68. The van der Waals surface area contributed by atoms with E-state index in [1.54, 1.807) is 6.92 Å². The van der Waals surface area contributed by atoms with Crippen molar-refractivity contribution in [3.8, 4) is 0 Å². The summed E-state index contributed by atoms with van der Waals surface area (Å²) >= 11 is 5.78. The Morgan fingerprint density at radius 2 is 1.87 bits per heavy atom. The second-order valence-corrected chi connectivity index (χ2v) is 6.68. The van der Waals surface area contributed by atoms with Gasteiger partial charge in [0.2, 0.25) is 0 Å². The predicted molar refractivity (Wildman–Crippen MR) is 89.1 cm³/mol. The zero-order chi connectivity index (χ0) is 17.0. The van der Waals surface area contributed by atoms with Gasteiger partial charge in [-0.2, -0.15) is 0 Å². The molecule has 0 atom stereocenters. The third-order valence-corrected chi connectivity index (χ3v) is 4.65. The summed E-state index contributed by atoms with van der Waals surface area (Å²) in [4.78, 5) is 11.5. The Labute approximate surface area is 139 Å². The summed E-state index contributed by atoms with van der Waals surface area (Å²) < 4.78 is 31.8. The fraction of sp³-hybridized carbons (Fsp3) is 0.133. The topological polar surface area (TPSA) is 98.5 Å². The van der Waals surface area contributed by atoms with E-state index < -0.39 is 16.0 Å². The van der Waals surface area contributed by atoms with Crippen molar-refractivity contribution in [2.24, 2.45) is 0 Å². The molecule has 2 rings (SSSR count). The molecule has 2 aromatic rings. The molecule has 0 unspecified atom stereocenters. The Balaban J connectivity index is 2.20. The average Bonchev–Trinajstić information content (AvgIpc) is 2.50. The Morgan fingerprint density at radius 1 is 1.22 bits per heavy atom. The van der Waals surface area contributed by atoms with Crippen LogP contribution in [0.5, 0.6) is 0 Å². The first-order chi connectivity index (χ1) is 10.8. The number of nitrogens with two attached hydrogens (primary N) is 1. The quantitative estimate of drug-likeness (QED) is 0.635. The average molecular weight is 355 g/mol. The molecule has 0 fully saturated rings. The molecule has 2 aromatic carbocycles. The van der Waals surface area contributed by atoms with Crippen LogP contribution in [0.2, 0.25) is 5.02 Å². The van der Waals surface area contributed by atoms with Crippen molar-refractivity contribution in [3.05, 3.63) is 53.1 Å². The van der Waals surface area contributed by atoms with Crippen LogP contribution >= 0.6 is 11.6 Å². The summed E-state index contributed by atoms with van der Waals surface area (Å²) in [6, 6.07) is 9.95. The Bertz CT molecular complexity index is 820. The minimum absolute atomic E-state index is 0.00568. The van der Waals surface area contributed by atoms with E-state index in [9.17, 15) is 13.2 Å². The lowest BCUT2D eigenvalue weighted by atomic mass is 10.2. The van der Waals surface area contributed by atoms with Gasteiger partial charge in [0.25, 0.3) is 10.0 Å². The van der Waals surface area contributed by atoms with Crippen molar-refractivity contribution >= 4 is 39.0 Å². The molecule has 0 aromatic heterocycles. The highest BCUT2D eigenvalue weighted by Gasteiger charge is 2.16. The number of benzene rings is 2. The van der Waals surface area contributed by atoms with Crippen LogP contribution in [0.3, 0.4) is 0 Å². The standard InChI is InChI=1S/C15H15ClN2O4S/c1-2-22-15(19)10-3-5-11(6-4-10)18-23(20,21)12-7-8-13(16)14(17)9-12/h3-9,18H,2,17H2,1H3. The summed E-state index contributed by atoms with van der Waals surface area (Å²) in [6.07, 6.45) is 0. The maximum Gasteiger partial charge on any atom is 0.338 e. The zero-order valence-electron chi connectivity index (χ0n) is 12.2. The van der Waals surface area contributed by atoms with Crippen LogP contribution in [0.4, 0.5) is 11.4 Å². The number of hydrogen-bond acceptors (Lipinski definition) is 5. The molecule has 0 saturated heterocycles. The van der Waals surface area contributed by atoms with Crippen LogP contribution in [-0.4, -0.2) is 21.0 Å². The summed E-state index contributed by atoms with van der Waals surface area (Å²) in [5.74, 6) is -0.465. The predicted octanol–water partition coefficient (Wildman–Crippen LogP) is 2.90. The van der Waals surface area contributed by atoms with E-state index in [-0.39, 0.29) is 22.2 Å². The smallest absolute Gasteiger partial charge is 0.338 e. The van der Waals surface area contributed by atoms with Gasteiger partial charge in [0, 0.05) is 5.69 Å². The lowest BCUT2D eigenvalue weighted by Crippen LogP contribution is -2.13. The summed E-state index contributed by atoms with van der Waals surface area (Å²) in [7, 11) is -3.80. The zero-order valence-corrected chi connectivity index (χ0v) is 13.8. The van der Waals surface area contributed by atoms with Crippen LogP contribution in [0.15, 0.2) is 47.4 Å². The monoisotopic (exact) mass is 354 g/mol. The number of ether oxygens (including phenoxy) is 1. The highest BCUT2D eigenvalue weighted by Crippen LogP contribution is 2.24. The fourth-order valence-electron chi connectivity index (χ4n) is 1.79. The third kappa shape index (κ3) is 4.14. The van der Waals surface area contributed by atoms with Crippen molar-refractivity contribution in [2.75, 3.05) is 17.1 Å². The maximum atomic E-state index is 12.3. The number of carbonyl (C=O) groups excluding carboxylic acids is 1. The Morgan fingerprint density at radius 3 is 2.43 bits per heavy atom. The molecule has 0 aliphatic rings. The molecule has 3 N–H and O–H groups in total. The van der Waals surface area contributed by atoms with Crippen molar-refractivity contribution in [3.63, 3.8) is 0 Å². The van der Waals surface area contributed by atoms with Crippen LogP contribution in [0.1, 0.15) is 17.3 Å². The van der Waals surface area contributed by atoms with E-state index in [4.69, 9.17) is 22.1 Å². The van der Waals surface area contributed by atoms with Crippen molar-refractivity contribution in [1.29, 1.82) is 0 Å². The SMILES string of the molecule is CCOC(=O)c1ccc(NS(=O)(=O)c2ccc(Cl)c(N)c2)cc1. The molecule has 0 spiro atoms. The van der Waals surface area contributed by atoms with Gasteiger partial charge in [-0.15, -0.1) is 0 Å². The number of nitrogen functional groups attached to an aromatic ring is 1. The highest BCUT2D eigenvalue weighted by molar-refractivity contribution is 7.92. The van der Waals surface area contributed by atoms with Crippen molar-refractivity contribution in [2.45, 2.75) is 11.8 Å². The van der Waals surface area contributed by atoms with Gasteiger partial charge < -0.3 is 10.5 Å². The minimum Gasteiger partial charge on any atom is -0.462 e. The molecule has 0 amide bonds. The van der Waals surface area contributed by atoms with Gasteiger partial charge in [0.05, 0.1) is 27.8 Å². The van der Waals surface area contributed by atoms with Gasteiger partial charge >= 0.3 is 5.97 Å². The Hall–Kier alpha value is -2.25. The van der Waals surface area contributed by atoms with Crippen molar-refractivity contribution < 1.29 is 17.9 Å². The first kappa shape index (κ1) is 17.1. The van der Waals surface area contributed by atoms with Crippen molar-refractivity contribution in [1.82, 2.24) is 0 Å². The van der Waals surface area contributed by atoms with Crippen LogP contribution in [0, 0.1) is 0 Å². The van der Waals surface area contributed by atoms with Crippen LogP contribution in [0.25, 0.3) is 0 Å². The largest absolute Gasteiger partial charge is 0.462 e. The fourth-order valence-corrected chi connectivity index (χ4v) is 3.00. The molecule has 23 heavy (non-hydrogen) atoms. The van der Waals surface area contributed by atoms with Gasteiger partial charge in [0.15, 0.2) is 0 Å². The molecule has 0 radical (unpaired) electrons. The molecule has 8 heteroatoms. The molecule has 0 bridgehead atoms. The molecule has 122 valence electrons. The molecular weight excluding hydrogens is 340 g/mol. The number of rotatable bonds is 5. The third-order valence-electron chi connectivity index (χ3n) is 2.93. The molecule has 0 heterocycles. The number of sulfonamides is 1. The lowest BCUT2D eigenvalue weighted by Gasteiger charge is -2.10. The summed E-state index contributed by atoms with van der Waals surface area (Å²) in [5.41, 5.74) is 6.44. The van der Waals surface area contributed by atoms with E-state index in [1.165, 1.54) is 42.5 Å². The minimum atomic E-state index is -3.80. The lowest BCUT2D eigenvalue weighted by molar-refractivity contribution is 0.0526.